The smallest absolute Gasteiger partial charge is 0.312 e. The van der Waals surface area contributed by atoms with Crippen LogP contribution in [0, 0.1) is 0 Å². The van der Waals surface area contributed by atoms with Gasteiger partial charge < -0.3 is 15.2 Å². The Hall–Kier alpha value is -1.14. The molecule has 2 rings (SSSR count). The SMILES string of the molecule is COCC(C)Nc1nc2c(s1)CCC2C(=O)O. The summed E-state index contributed by atoms with van der Waals surface area (Å²) in [7, 11) is 1.65. The van der Waals surface area contributed by atoms with Crippen molar-refractivity contribution in [3.05, 3.63) is 10.6 Å². The zero-order valence-electron chi connectivity index (χ0n) is 9.90. The van der Waals surface area contributed by atoms with Crippen molar-refractivity contribution in [3.63, 3.8) is 0 Å². The lowest BCUT2D eigenvalue weighted by atomic mass is 10.1. The third-order valence-electron chi connectivity index (χ3n) is 2.80. The van der Waals surface area contributed by atoms with Gasteiger partial charge in [0.2, 0.25) is 0 Å². The van der Waals surface area contributed by atoms with Gasteiger partial charge in [0.05, 0.1) is 12.3 Å². The number of nitrogens with one attached hydrogen (secondary N) is 1. The molecule has 0 amide bonds. The van der Waals surface area contributed by atoms with Crippen molar-refractivity contribution in [2.45, 2.75) is 31.7 Å². The van der Waals surface area contributed by atoms with Crippen LogP contribution in [0.3, 0.4) is 0 Å². The zero-order chi connectivity index (χ0) is 12.4. The number of fused-ring (bicyclic) bond motifs is 1. The van der Waals surface area contributed by atoms with Gasteiger partial charge in [-0.25, -0.2) is 4.98 Å². The number of methoxy groups -OCH3 is 1. The number of aromatic nitrogens is 1. The van der Waals surface area contributed by atoms with Crippen LogP contribution in [0.2, 0.25) is 0 Å². The lowest BCUT2D eigenvalue weighted by Crippen LogP contribution is -2.20. The molecule has 0 radical (unpaired) electrons. The van der Waals surface area contributed by atoms with Crippen molar-refractivity contribution < 1.29 is 14.6 Å². The first-order valence-electron chi connectivity index (χ1n) is 5.59. The summed E-state index contributed by atoms with van der Waals surface area (Å²) in [5.41, 5.74) is 0.745. The van der Waals surface area contributed by atoms with E-state index in [-0.39, 0.29) is 6.04 Å². The van der Waals surface area contributed by atoms with Crippen LogP contribution in [0.25, 0.3) is 0 Å². The summed E-state index contributed by atoms with van der Waals surface area (Å²) in [5, 5.41) is 13.1. The lowest BCUT2D eigenvalue weighted by Gasteiger charge is -2.11. The summed E-state index contributed by atoms with van der Waals surface area (Å²) in [6.07, 6.45) is 1.50. The third-order valence-corrected chi connectivity index (χ3v) is 3.86. The van der Waals surface area contributed by atoms with E-state index in [0.717, 1.165) is 22.1 Å². The first-order valence-corrected chi connectivity index (χ1v) is 6.41. The van der Waals surface area contributed by atoms with Gasteiger partial charge in [-0.15, -0.1) is 11.3 Å². The number of nitrogens with zero attached hydrogens (tertiary/aromatic N) is 1. The second-order valence-corrected chi connectivity index (χ2v) is 5.34. The fourth-order valence-corrected chi connectivity index (χ4v) is 3.18. The molecule has 1 heterocycles. The number of hydrogen-bond acceptors (Lipinski definition) is 5. The van der Waals surface area contributed by atoms with E-state index in [1.165, 1.54) is 0 Å². The van der Waals surface area contributed by atoms with E-state index in [4.69, 9.17) is 9.84 Å². The molecule has 0 aromatic carbocycles. The fourth-order valence-electron chi connectivity index (χ4n) is 2.03. The standard InChI is InChI=1S/C11H16N2O3S/c1-6(5-16-2)12-11-13-9-7(10(14)15)3-4-8(9)17-11/h6-7H,3-5H2,1-2H3,(H,12,13)(H,14,15). The van der Waals surface area contributed by atoms with Crippen molar-refractivity contribution in [3.8, 4) is 0 Å². The number of anilines is 1. The predicted molar refractivity (Wildman–Crippen MR) is 65.8 cm³/mol. The van der Waals surface area contributed by atoms with Gasteiger partial charge in [-0.3, -0.25) is 4.79 Å². The van der Waals surface area contributed by atoms with Gasteiger partial charge in [-0.05, 0) is 19.8 Å². The average molecular weight is 256 g/mol. The Morgan fingerprint density at radius 2 is 2.53 bits per heavy atom. The lowest BCUT2D eigenvalue weighted by molar-refractivity contribution is -0.138. The van der Waals surface area contributed by atoms with E-state index >= 15 is 0 Å². The van der Waals surface area contributed by atoms with Crippen molar-refractivity contribution in [2.24, 2.45) is 0 Å². The average Bonchev–Trinajstić information content (AvgIpc) is 2.76. The van der Waals surface area contributed by atoms with Crippen LogP contribution in [0.4, 0.5) is 5.13 Å². The first-order chi connectivity index (χ1) is 8.11. The molecule has 0 aliphatic heterocycles. The first kappa shape index (κ1) is 12.3. The maximum absolute atomic E-state index is 11.0. The normalized spacial score (nSPS) is 20.0. The van der Waals surface area contributed by atoms with Crippen molar-refractivity contribution >= 4 is 22.4 Å². The molecule has 6 heteroatoms. The topological polar surface area (TPSA) is 71.5 Å². The molecule has 2 N–H and O–H groups in total. The molecular formula is C11H16N2O3S. The number of carboxylic acid groups (broad SMARTS) is 1. The van der Waals surface area contributed by atoms with Crippen LogP contribution >= 0.6 is 11.3 Å². The molecule has 94 valence electrons. The van der Waals surface area contributed by atoms with E-state index in [2.05, 4.69) is 10.3 Å². The summed E-state index contributed by atoms with van der Waals surface area (Å²) in [6.45, 7) is 2.61. The molecule has 1 aliphatic rings. The number of thiazole rings is 1. The molecule has 2 atom stereocenters. The second-order valence-electron chi connectivity index (χ2n) is 4.26. The van der Waals surface area contributed by atoms with E-state index in [1.54, 1.807) is 18.4 Å². The van der Waals surface area contributed by atoms with E-state index in [9.17, 15) is 4.79 Å². The number of carboxylic acids is 1. The van der Waals surface area contributed by atoms with Crippen molar-refractivity contribution in [2.75, 3.05) is 19.0 Å². The fraction of sp³-hybridized carbons (Fsp3) is 0.636. The summed E-state index contributed by atoms with van der Waals surface area (Å²) in [4.78, 5) is 16.5. The van der Waals surface area contributed by atoms with Gasteiger partial charge in [-0.1, -0.05) is 0 Å². The van der Waals surface area contributed by atoms with Crippen LogP contribution in [0.1, 0.15) is 29.8 Å². The highest BCUT2D eigenvalue weighted by molar-refractivity contribution is 7.15. The maximum atomic E-state index is 11.0. The Bertz CT molecular complexity index is 419. The third kappa shape index (κ3) is 2.58. The van der Waals surface area contributed by atoms with Gasteiger partial charge in [0, 0.05) is 18.0 Å². The van der Waals surface area contributed by atoms with Crippen LogP contribution in [-0.4, -0.2) is 35.8 Å². The van der Waals surface area contributed by atoms with E-state index in [0.29, 0.717) is 13.0 Å². The Balaban J connectivity index is 2.08. The predicted octanol–water partition coefficient (Wildman–Crippen LogP) is 1.70. The van der Waals surface area contributed by atoms with Crippen LogP contribution in [-0.2, 0) is 16.0 Å². The molecule has 1 aromatic rings. The minimum atomic E-state index is -0.773. The van der Waals surface area contributed by atoms with Crippen molar-refractivity contribution in [1.29, 1.82) is 0 Å². The molecule has 0 bridgehead atoms. The van der Waals surface area contributed by atoms with Crippen LogP contribution in [0.5, 0.6) is 0 Å². The Kier molecular flexibility index (Phi) is 3.63. The maximum Gasteiger partial charge on any atom is 0.312 e. The van der Waals surface area contributed by atoms with Gasteiger partial charge in [0.1, 0.15) is 5.92 Å². The summed E-state index contributed by atoms with van der Waals surface area (Å²) >= 11 is 1.56. The van der Waals surface area contributed by atoms with Gasteiger partial charge in [0.15, 0.2) is 5.13 Å². The van der Waals surface area contributed by atoms with E-state index < -0.39 is 11.9 Å². The number of ether oxygens (including phenoxy) is 1. The van der Waals surface area contributed by atoms with Gasteiger partial charge >= 0.3 is 5.97 Å². The monoisotopic (exact) mass is 256 g/mol. The van der Waals surface area contributed by atoms with Gasteiger partial charge in [-0.2, -0.15) is 0 Å². The largest absolute Gasteiger partial charge is 0.481 e. The number of rotatable bonds is 5. The molecule has 1 aliphatic carbocycles. The Morgan fingerprint density at radius 1 is 1.76 bits per heavy atom. The van der Waals surface area contributed by atoms with Gasteiger partial charge in [0.25, 0.3) is 0 Å². The molecule has 0 saturated heterocycles. The highest BCUT2D eigenvalue weighted by Gasteiger charge is 2.32. The minimum absolute atomic E-state index is 0.176. The second kappa shape index (κ2) is 5.01. The molecule has 0 spiro atoms. The highest BCUT2D eigenvalue weighted by Crippen LogP contribution is 2.38. The quantitative estimate of drug-likeness (QED) is 0.839. The highest BCUT2D eigenvalue weighted by atomic mass is 32.1. The number of aryl methyl sites for hydroxylation is 1. The summed E-state index contributed by atoms with van der Waals surface area (Å²) in [5.74, 6) is -1.19. The molecule has 1 aromatic heterocycles. The minimum Gasteiger partial charge on any atom is -0.481 e. The number of hydrogen-bond donors (Lipinski definition) is 2. The molecule has 0 fully saturated rings. The molecule has 17 heavy (non-hydrogen) atoms. The number of carbonyl (C=O) groups is 1. The molecular weight excluding hydrogens is 240 g/mol. The zero-order valence-corrected chi connectivity index (χ0v) is 10.7. The number of aliphatic carboxylic acids is 1. The van der Waals surface area contributed by atoms with E-state index in [1.807, 2.05) is 6.92 Å². The molecule has 2 unspecified atom stereocenters. The van der Waals surface area contributed by atoms with Crippen LogP contribution in [0.15, 0.2) is 0 Å². The molecule has 5 nitrogen and oxygen atoms in total. The van der Waals surface area contributed by atoms with Crippen LogP contribution < -0.4 is 5.32 Å². The Morgan fingerprint density at radius 3 is 3.18 bits per heavy atom. The Labute approximate surface area is 104 Å². The summed E-state index contributed by atoms with van der Waals surface area (Å²) in [6, 6.07) is 0.176. The summed E-state index contributed by atoms with van der Waals surface area (Å²) < 4.78 is 5.03. The van der Waals surface area contributed by atoms with Crippen molar-refractivity contribution in [1.82, 2.24) is 4.98 Å². The molecule has 0 saturated carbocycles.